The van der Waals surface area contributed by atoms with Gasteiger partial charge in [-0.3, -0.25) is 14.7 Å². The molecule has 0 aliphatic carbocycles. The number of sulfone groups is 1. The van der Waals surface area contributed by atoms with Crippen LogP contribution in [0.1, 0.15) is 37.4 Å². The molecule has 2 heterocycles. The zero-order valence-electron chi connectivity index (χ0n) is 11.6. The molecular formula is C12H17N3O5S. The third-order valence-corrected chi connectivity index (χ3v) is 4.62. The number of rotatable bonds is 5. The molecule has 1 aromatic rings. The number of H-pyrrole nitrogens is 1. The van der Waals surface area contributed by atoms with Crippen molar-refractivity contribution in [2.24, 2.45) is 0 Å². The Morgan fingerprint density at radius 3 is 2.81 bits per heavy atom. The van der Waals surface area contributed by atoms with Crippen molar-refractivity contribution >= 4 is 21.7 Å². The molecule has 2 rings (SSSR count). The van der Waals surface area contributed by atoms with Gasteiger partial charge in [-0.15, -0.1) is 0 Å². The molecule has 1 aromatic heterocycles. The summed E-state index contributed by atoms with van der Waals surface area (Å²) in [6.45, 7) is 0.491. The fraction of sp³-hybridized carbons (Fsp3) is 0.583. The second-order valence-electron chi connectivity index (χ2n) is 5.06. The Bertz CT molecular complexity index is 652. The molecule has 0 bridgehead atoms. The molecule has 1 aliphatic rings. The van der Waals surface area contributed by atoms with Gasteiger partial charge in [0.05, 0.1) is 24.4 Å². The molecule has 0 unspecified atom stereocenters. The van der Waals surface area contributed by atoms with Crippen LogP contribution in [0.25, 0.3) is 0 Å². The molecule has 21 heavy (non-hydrogen) atoms. The molecule has 1 atom stereocenters. The Hall–Kier alpha value is -1.90. The second kappa shape index (κ2) is 5.84. The van der Waals surface area contributed by atoms with Crippen LogP contribution in [0.5, 0.6) is 0 Å². The SMILES string of the molecule is CS(=O)(=O)c1cn[nH]c1[C@@H]1CCCN1C(=O)CCC(=O)O. The minimum absolute atomic E-state index is 0.0884. The molecule has 0 radical (unpaired) electrons. The van der Waals surface area contributed by atoms with Gasteiger partial charge in [0.15, 0.2) is 9.84 Å². The summed E-state index contributed by atoms with van der Waals surface area (Å²) in [4.78, 5) is 24.3. The summed E-state index contributed by atoms with van der Waals surface area (Å²) in [5.41, 5.74) is 0.402. The third kappa shape index (κ3) is 3.41. The van der Waals surface area contributed by atoms with Crippen LogP contribution in [0.2, 0.25) is 0 Å². The maximum absolute atomic E-state index is 12.1. The molecule has 0 saturated carbocycles. The van der Waals surface area contributed by atoms with Gasteiger partial charge in [-0.2, -0.15) is 5.10 Å². The van der Waals surface area contributed by atoms with Gasteiger partial charge in [0.25, 0.3) is 0 Å². The topological polar surface area (TPSA) is 120 Å². The van der Waals surface area contributed by atoms with Crippen molar-refractivity contribution in [3.63, 3.8) is 0 Å². The van der Waals surface area contributed by atoms with Crippen LogP contribution in [0.3, 0.4) is 0 Å². The number of nitrogens with zero attached hydrogens (tertiary/aromatic N) is 2. The fourth-order valence-electron chi connectivity index (χ4n) is 2.54. The van der Waals surface area contributed by atoms with Crippen LogP contribution in [0.4, 0.5) is 0 Å². The van der Waals surface area contributed by atoms with Crippen LogP contribution in [-0.4, -0.2) is 53.3 Å². The van der Waals surface area contributed by atoms with Gasteiger partial charge in [0, 0.05) is 19.2 Å². The van der Waals surface area contributed by atoms with Gasteiger partial charge in [0.1, 0.15) is 4.90 Å². The zero-order chi connectivity index (χ0) is 15.6. The van der Waals surface area contributed by atoms with Gasteiger partial charge in [-0.25, -0.2) is 8.42 Å². The Morgan fingerprint density at radius 1 is 1.48 bits per heavy atom. The Morgan fingerprint density at radius 2 is 2.19 bits per heavy atom. The van der Waals surface area contributed by atoms with Crippen molar-refractivity contribution in [3.05, 3.63) is 11.9 Å². The van der Waals surface area contributed by atoms with E-state index in [-0.39, 0.29) is 23.6 Å². The maximum atomic E-state index is 12.1. The van der Waals surface area contributed by atoms with E-state index in [4.69, 9.17) is 5.11 Å². The molecule has 116 valence electrons. The predicted molar refractivity (Wildman–Crippen MR) is 72.3 cm³/mol. The average Bonchev–Trinajstić information content (AvgIpc) is 3.02. The fourth-order valence-corrected chi connectivity index (χ4v) is 3.37. The second-order valence-corrected chi connectivity index (χ2v) is 7.04. The van der Waals surface area contributed by atoms with Gasteiger partial charge >= 0.3 is 5.97 Å². The molecule has 8 nitrogen and oxygen atoms in total. The molecule has 1 aliphatic heterocycles. The van der Waals surface area contributed by atoms with E-state index >= 15 is 0 Å². The number of carboxylic acid groups (broad SMARTS) is 1. The summed E-state index contributed by atoms with van der Waals surface area (Å²) in [6.07, 6.45) is 3.38. The molecule has 2 N–H and O–H groups in total. The van der Waals surface area contributed by atoms with Gasteiger partial charge < -0.3 is 10.0 Å². The number of nitrogens with one attached hydrogen (secondary N) is 1. The number of carboxylic acids is 1. The first-order valence-corrected chi connectivity index (χ1v) is 8.44. The lowest BCUT2D eigenvalue weighted by atomic mass is 10.1. The lowest BCUT2D eigenvalue weighted by Crippen LogP contribution is -2.31. The molecular weight excluding hydrogens is 298 g/mol. The van der Waals surface area contributed by atoms with Gasteiger partial charge in [-0.05, 0) is 12.8 Å². The minimum Gasteiger partial charge on any atom is -0.481 e. The van der Waals surface area contributed by atoms with Crippen molar-refractivity contribution in [2.45, 2.75) is 36.6 Å². The lowest BCUT2D eigenvalue weighted by molar-refractivity contribution is -0.141. The van der Waals surface area contributed by atoms with E-state index in [2.05, 4.69) is 10.2 Å². The first-order chi connectivity index (χ1) is 9.80. The highest BCUT2D eigenvalue weighted by atomic mass is 32.2. The number of aromatic nitrogens is 2. The standard InChI is InChI=1S/C12H17N3O5S/c1-21(19,20)9-7-13-14-12(9)8-3-2-6-15(8)10(16)4-5-11(17)18/h7-8H,2-6H2,1H3,(H,13,14)(H,17,18)/t8-/m0/s1. The Kier molecular flexibility index (Phi) is 4.31. The summed E-state index contributed by atoms with van der Waals surface area (Å²) >= 11 is 0. The quantitative estimate of drug-likeness (QED) is 0.808. The summed E-state index contributed by atoms with van der Waals surface area (Å²) in [5.74, 6) is -1.31. The number of amides is 1. The van der Waals surface area contributed by atoms with Gasteiger partial charge in [-0.1, -0.05) is 0 Å². The normalized spacial score (nSPS) is 18.9. The minimum atomic E-state index is -3.43. The number of hydrogen-bond donors (Lipinski definition) is 2. The number of aliphatic carboxylic acids is 1. The first-order valence-electron chi connectivity index (χ1n) is 6.55. The van der Waals surface area contributed by atoms with E-state index < -0.39 is 21.8 Å². The summed E-state index contributed by atoms with van der Waals surface area (Å²) in [7, 11) is -3.43. The maximum Gasteiger partial charge on any atom is 0.303 e. The van der Waals surface area contributed by atoms with Gasteiger partial charge in [0.2, 0.25) is 5.91 Å². The smallest absolute Gasteiger partial charge is 0.303 e. The molecule has 1 fully saturated rings. The number of aromatic amines is 1. The molecule has 1 saturated heterocycles. The van der Waals surface area contributed by atoms with Crippen LogP contribution in [0.15, 0.2) is 11.1 Å². The zero-order valence-corrected chi connectivity index (χ0v) is 12.4. The molecule has 1 amide bonds. The monoisotopic (exact) mass is 315 g/mol. The van der Waals surface area contributed by atoms with Crippen molar-refractivity contribution in [3.8, 4) is 0 Å². The van der Waals surface area contributed by atoms with Crippen LogP contribution >= 0.6 is 0 Å². The lowest BCUT2D eigenvalue weighted by Gasteiger charge is -2.24. The van der Waals surface area contributed by atoms with E-state index in [1.165, 1.54) is 11.1 Å². The summed E-state index contributed by atoms with van der Waals surface area (Å²) < 4.78 is 23.4. The number of carbonyl (C=O) groups is 2. The number of likely N-dealkylation sites (tertiary alicyclic amines) is 1. The third-order valence-electron chi connectivity index (χ3n) is 3.49. The van der Waals surface area contributed by atoms with Crippen LogP contribution in [0, 0.1) is 0 Å². The van der Waals surface area contributed by atoms with E-state index in [0.717, 1.165) is 12.7 Å². The first kappa shape index (κ1) is 15.5. The Balaban J connectivity index is 2.21. The Labute approximate surface area is 122 Å². The van der Waals surface area contributed by atoms with E-state index in [0.29, 0.717) is 18.7 Å². The summed E-state index contributed by atoms with van der Waals surface area (Å²) in [6, 6.07) is -0.390. The predicted octanol–water partition coefficient (Wildman–Crippen LogP) is 0.341. The summed E-state index contributed by atoms with van der Waals surface area (Å²) in [5, 5.41) is 15.1. The highest BCUT2D eigenvalue weighted by Gasteiger charge is 2.34. The largest absolute Gasteiger partial charge is 0.481 e. The van der Waals surface area contributed by atoms with Crippen molar-refractivity contribution in [2.75, 3.05) is 12.8 Å². The highest BCUT2D eigenvalue weighted by molar-refractivity contribution is 7.90. The van der Waals surface area contributed by atoms with E-state index in [1.54, 1.807) is 0 Å². The van der Waals surface area contributed by atoms with E-state index in [9.17, 15) is 18.0 Å². The van der Waals surface area contributed by atoms with Crippen molar-refractivity contribution in [1.82, 2.24) is 15.1 Å². The molecule has 9 heteroatoms. The van der Waals surface area contributed by atoms with Crippen LogP contribution in [-0.2, 0) is 19.4 Å². The molecule has 0 aromatic carbocycles. The van der Waals surface area contributed by atoms with Crippen molar-refractivity contribution in [1.29, 1.82) is 0 Å². The van der Waals surface area contributed by atoms with Crippen LogP contribution < -0.4 is 0 Å². The van der Waals surface area contributed by atoms with Crippen molar-refractivity contribution < 1.29 is 23.1 Å². The highest BCUT2D eigenvalue weighted by Crippen LogP contribution is 2.34. The number of hydrogen-bond acceptors (Lipinski definition) is 5. The molecule has 0 spiro atoms. The van der Waals surface area contributed by atoms with E-state index in [1.807, 2.05) is 0 Å². The average molecular weight is 315 g/mol. The number of carbonyl (C=O) groups excluding carboxylic acids is 1.